The van der Waals surface area contributed by atoms with Gasteiger partial charge in [0.05, 0.1) is 17.3 Å². The number of hydrogen-bond donors (Lipinski definition) is 1. The first-order chi connectivity index (χ1) is 10.7. The molecule has 0 aliphatic rings. The second-order valence-corrected chi connectivity index (χ2v) is 5.43. The normalized spacial score (nSPS) is 10.3. The van der Waals surface area contributed by atoms with Crippen LogP contribution in [0.25, 0.3) is 5.52 Å². The highest BCUT2D eigenvalue weighted by atomic mass is 32.2. The second-order valence-electron chi connectivity index (χ2n) is 4.49. The maximum atomic E-state index is 9.36. The lowest BCUT2D eigenvalue weighted by atomic mass is 10.2. The van der Waals surface area contributed by atoms with E-state index in [1.54, 1.807) is 0 Å². The maximum absolute atomic E-state index is 9.36. The molecule has 0 aliphatic carbocycles. The number of thioether (sulfide) groups is 1. The number of nitrogens with zero attached hydrogens (tertiary/aromatic N) is 5. The molecule has 3 aromatic heterocycles. The van der Waals surface area contributed by atoms with Gasteiger partial charge in [0.1, 0.15) is 23.5 Å². The number of nitrogens with two attached hydrogens (primary N) is 1. The first-order valence-corrected chi connectivity index (χ1v) is 7.35. The maximum Gasteiger partial charge on any atom is 0.189 e. The zero-order valence-corrected chi connectivity index (χ0v) is 12.2. The van der Waals surface area contributed by atoms with Gasteiger partial charge in [-0.25, -0.2) is 9.97 Å². The topological polar surface area (TPSA) is 104 Å². The minimum atomic E-state index is 0.169. The van der Waals surface area contributed by atoms with Crippen LogP contribution in [0.5, 0.6) is 0 Å². The number of nitrogen functional groups attached to an aromatic ring is 1. The molecule has 6 nitrogen and oxygen atoms in total. The van der Waals surface area contributed by atoms with Crippen LogP contribution in [0.1, 0.15) is 16.7 Å². The number of pyridine rings is 1. The van der Waals surface area contributed by atoms with Gasteiger partial charge in [-0.05, 0) is 17.7 Å². The first-order valence-electron chi connectivity index (χ1n) is 6.37. The second kappa shape index (κ2) is 5.76. The SMILES string of the molecule is N#Cc1cnc(SCc2cn3ccccc3c2C#N)nc1N. The third-order valence-electron chi connectivity index (χ3n) is 3.15. The van der Waals surface area contributed by atoms with Crippen LogP contribution in [0.2, 0.25) is 0 Å². The summed E-state index contributed by atoms with van der Waals surface area (Å²) >= 11 is 1.38. The van der Waals surface area contributed by atoms with Gasteiger partial charge in [-0.1, -0.05) is 17.8 Å². The van der Waals surface area contributed by atoms with E-state index < -0.39 is 0 Å². The molecule has 0 radical (unpaired) electrons. The van der Waals surface area contributed by atoms with E-state index in [0.717, 1.165) is 11.1 Å². The lowest BCUT2D eigenvalue weighted by Crippen LogP contribution is -1.98. The van der Waals surface area contributed by atoms with Crippen LogP contribution in [0.15, 0.2) is 41.9 Å². The van der Waals surface area contributed by atoms with Crippen LogP contribution in [-0.2, 0) is 5.75 Å². The summed E-state index contributed by atoms with van der Waals surface area (Å²) in [6.45, 7) is 0. The van der Waals surface area contributed by atoms with Gasteiger partial charge < -0.3 is 10.1 Å². The summed E-state index contributed by atoms with van der Waals surface area (Å²) in [5.74, 6) is 0.721. The van der Waals surface area contributed by atoms with Crippen LogP contribution < -0.4 is 5.73 Å². The van der Waals surface area contributed by atoms with Crippen molar-refractivity contribution in [2.24, 2.45) is 0 Å². The van der Waals surface area contributed by atoms with Crippen molar-refractivity contribution in [2.75, 3.05) is 5.73 Å². The van der Waals surface area contributed by atoms with Crippen LogP contribution in [0, 0.1) is 22.7 Å². The van der Waals surface area contributed by atoms with Gasteiger partial charge >= 0.3 is 0 Å². The van der Waals surface area contributed by atoms with Crippen molar-refractivity contribution >= 4 is 23.1 Å². The molecule has 0 spiro atoms. The van der Waals surface area contributed by atoms with E-state index in [2.05, 4.69) is 16.0 Å². The fraction of sp³-hybridized carbons (Fsp3) is 0.0667. The molecule has 2 N–H and O–H groups in total. The number of hydrogen-bond acceptors (Lipinski definition) is 6. The Kier molecular flexibility index (Phi) is 3.65. The molecular weight excluding hydrogens is 296 g/mol. The smallest absolute Gasteiger partial charge is 0.189 e. The fourth-order valence-electron chi connectivity index (χ4n) is 2.09. The average Bonchev–Trinajstić information content (AvgIpc) is 2.90. The van der Waals surface area contributed by atoms with E-state index >= 15 is 0 Å². The van der Waals surface area contributed by atoms with E-state index in [0.29, 0.717) is 16.5 Å². The molecule has 3 rings (SSSR count). The number of nitriles is 2. The van der Waals surface area contributed by atoms with Crippen molar-refractivity contribution in [3.63, 3.8) is 0 Å². The van der Waals surface area contributed by atoms with Gasteiger partial charge in [0.15, 0.2) is 5.16 Å². The largest absolute Gasteiger partial charge is 0.382 e. The number of fused-ring (bicyclic) bond motifs is 1. The van der Waals surface area contributed by atoms with Crippen molar-refractivity contribution in [1.29, 1.82) is 10.5 Å². The van der Waals surface area contributed by atoms with Crippen molar-refractivity contribution < 1.29 is 0 Å². The summed E-state index contributed by atoms with van der Waals surface area (Å²) in [7, 11) is 0. The van der Waals surface area contributed by atoms with Crippen molar-refractivity contribution in [2.45, 2.75) is 10.9 Å². The van der Waals surface area contributed by atoms with E-state index in [-0.39, 0.29) is 11.4 Å². The highest BCUT2D eigenvalue weighted by molar-refractivity contribution is 7.98. The molecule has 0 aromatic carbocycles. The Bertz CT molecular complexity index is 931. The van der Waals surface area contributed by atoms with E-state index in [9.17, 15) is 5.26 Å². The Hall–Kier alpha value is -3.03. The highest BCUT2D eigenvalue weighted by Gasteiger charge is 2.11. The third kappa shape index (κ3) is 2.46. The van der Waals surface area contributed by atoms with Gasteiger partial charge in [0.2, 0.25) is 0 Å². The minimum absolute atomic E-state index is 0.169. The van der Waals surface area contributed by atoms with Crippen LogP contribution in [0.3, 0.4) is 0 Å². The van der Waals surface area contributed by atoms with E-state index in [1.165, 1.54) is 18.0 Å². The van der Waals surface area contributed by atoms with Gasteiger partial charge in [0.25, 0.3) is 0 Å². The Morgan fingerprint density at radius 2 is 2.14 bits per heavy atom. The molecule has 0 aliphatic heterocycles. The molecule has 0 saturated heterocycles. The van der Waals surface area contributed by atoms with Crippen molar-refractivity contribution in [1.82, 2.24) is 14.4 Å². The summed E-state index contributed by atoms with van der Waals surface area (Å²) in [5.41, 5.74) is 8.37. The van der Waals surface area contributed by atoms with Crippen LogP contribution in [0.4, 0.5) is 5.82 Å². The molecule has 0 unspecified atom stereocenters. The zero-order valence-electron chi connectivity index (χ0n) is 11.4. The highest BCUT2D eigenvalue weighted by Crippen LogP contribution is 2.25. The van der Waals surface area contributed by atoms with E-state index in [1.807, 2.05) is 41.1 Å². The molecule has 22 heavy (non-hydrogen) atoms. The molecule has 0 saturated carbocycles. The van der Waals surface area contributed by atoms with Gasteiger partial charge in [0, 0.05) is 18.1 Å². The fourth-order valence-corrected chi connectivity index (χ4v) is 2.89. The Balaban J connectivity index is 1.87. The number of anilines is 1. The Morgan fingerprint density at radius 1 is 1.27 bits per heavy atom. The lowest BCUT2D eigenvalue weighted by molar-refractivity contribution is 0.968. The van der Waals surface area contributed by atoms with Crippen LogP contribution in [-0.4, -0.2) is 14.4 Å². The number of rotatable bonds is 3. The summed E-state index contributed by atoms with van der Waals surface area (Å²) < 4.78 is 1.92. The molecule has 0 fully saturated rings. The standard InChI is InChI=1S/C15H10N6S/c16-5-10-7-19-15(20-14(10)18)22-9-11-8-21-4-2-1-3-13(21)12(11)6-17/h1-4,7-8H,9H2,(H2,18,19,20). The summed E-state index contributed by atoms with van der Waals surface area (Å²) in [5, 5.41) is 18.6. The Morgan fingerprint density at radius 3 is 2.86 bits per heavy atom. The lowest BCUT2D eigenvalue weighted by Gasteiger charge is -2.01. The van der Waals surface area contributed by atoms with Crippen molar-refractivity contribution in [3.8, 4) is 12.1 Å². The first kappa shape index (κ1) is 13.9. The molecule has 3 aromatic rings. The minimum Gasteiger partial charge on any atom is -0.382 e. The summed E-state index contributed by atoms with van der Waals surface area (Å²) in [4.78, 5) is 8.18. The van der Waals surface area contributed by atoms with Gasteiger partial charge in [-0.15, -0.1) is 0 Å². The monoisotopic (exact) mass is 306 g/mol. The van der Waals surface area contributed by atoms with Gasteiger partial charge in [-0.3, -0.25) is 0 Å². The molecule has 0 amide bonds. The van der Waals surface area contributed by atoms with Gasteiger partial charge in [-0.2, -0.15) is 10.5 Å². The van der Waals surface area contributed by atoms with E-state index in [4.69, 9.17) is 11.0 Å². The zero-order chi connectivity index (χ0) is 15.5. The van der Waals surface area contributed by atoms with Crippen LogP contribution >= 0.6 is 11.8 Å². The quantitative estimate of drug-likeness (QED) is 0.588. The van der Waals surface area contributed by atoms with Crippen molar-refractivity contribution in [3.05, 3.63) is 53.5 Å². The third-order valence-corrected chi connectivity index (χ3v) is 4.06. The molecule has 3 heterocycles. The Labute approximate surface area is 130 Å². The summed E-state index contributed by atoms with van der Waals surface area (Å²) in [6, 6.07) is 9.89. The average molecular weight is 306 g/mol. The predicted octanol–water partition coefficient (Wildman–Crippen LogP) is 2.35. The summed E-state index contributed by atoms with van der Waals surface area (Å²) in [6.07, 6.45) is 5.24. The molecule has 0 bridgehead atoms. The molecule has 7 heteroatoms. The molecule has 0 atom stereocenters. The number of aromatic nitrogens is 3. The molecular formula is C15H10N6S. The molecule has 106 valence electrons. The predicted molar refractivity (Wildman–Crippen MR) is 82.8 cm³/mol.